The van der Waals surface area contributed by atoms with Gasteiger partial charge < -0.3 is 25.8 Å². The number of hydrogen-bond acceptors (Lipinski definition) is 8. The third-order valence-corrected chi connectivity index (χ3v) is 6.78. The summed E-state index contributed by atoms with van der Waals surface area (Å²) in [6.45, 7) is 6.99. The number of para-hydroxylation sites is 1. The first kappa shape index (κ1) is 36.5. The number of alkyl carbamates (subject to hydrolysis) is 1. The molecular formula is C32H38F3N5O7. The van der Waals surface area contributed by atoms with Crippen molar-refractivity contribution in [2.75, 3.05) is 11.6 Å². The molecule has 0 radical (unpaired) electrons. The van der Waals surface area contributed by atoms with Gasteiger partial charge in [-0.1, -0.05) is 48.5 Å². The second-order valence-corrected chi connectivity index (χ2v) is 12.4. The molecule has 1 heterocycles. The minimum Gasteiger partial charge on any atom is -0.444 e. The van der Waals surface area contributed by atoms with Gasteiger partial charge in [-0.15, -0.1) is 0 Å². The number of fused-ring (bicyclic) bond motifs is 1. The van der Waals surface area contributed by atoms with Crippen LogP contribution in [0.2, 0.25) is 0 Å². The summed E-state index contributed by atoms with van der Waals surface area (Å²) >= 11 is 0. The van der Waals surface area contributed by atoms with Crippen LogP contribution in [0.4, 0.5) is 23.7 Å². The van der Waals surface area contributed by atoms with Gasteiger partial charge >= 0.3 is 18.2 Å². The highest BCUT2D eigenvalue weighted by atomic mass is 19.4. The quantitative estimate of drug-likeness (QED) is 0.306. The van der Waals surface area contributed by atoms with Crippen molar-refractivity contribution < 1.29 is 46.6 Å². The Morgan fingerprint density at radius 2 is 1.60 bits per heavy atom. The summed E-state index contributed by atoms with van der Waals surface area (Å²) < 4.78 is 49.7. The fourth-order valence-electron chi connectivity index (χ4n) is 4.56. The van der Waals surface area contributed by atoms with E-state index in [1.54, 1.807) is 75.4 Å². The van der Waals surface area contributed by atoms with Crippen molar-refractivity contribution in [1.82, 2.24) is 10.6 Å². The van der Waals surface area contributed by atoms with E-state index in [-0.39, 0.29) is 11.4 Å². The Balaban J connectivity index is 1.98. The Morgan fingerprint density at radius 1 is 0.979 bits per heavy atom. The Labute approximate surface area is 269 Å². The van der Waals surface area contributed by atoms with Gasteiger partial charge in [-0.25, -0.2) is 14.6 Å². The largest absolute Gasteiger partial charge is 0.444 e. The number of ether oxygens (including phenoxy) is 2. The van der Waals surface area contributed by atoms with Crippen LogP contribution in [0.25, 0.3) is 0 Å². The predicted octanol–water partition coefficient (Wildman–Crippen LogP) is 3.95. The van der Waals surface area contributed by atoms with Crippen LogP contribution in [0.3, 0.4) is 0 Å². The molecule has 0 saturated heterocycles. The van der Waals surface area contributed by atoms with Gasteiger partial charge in [0.1, 0.15) is 11.1 Å². The lowest BCUT2D eigenvalue weighted by molar-refractivity contribution is -0.151. The smallest absolute Gasteiger partial charge is 0.408 e. The SMILES string of the molecule is CC(C)(C)OC(=O)NC(C)(C)C(=O)OCN1C(=O)[C@@H](NC(=O)[C@H](CCC(F)(F)F)CC(N)=O)N=C(c2ccccc2)c2ccccc21. The highest BCUT2D eigenvalue weighted by Gasteiger charge is 2.38. The molecule has 2 atom stereocenters. The minimum absolute atomic E-state index is 0.244. The van der Waals surface area contributed by atoms with E-state index in [4.69, 9.17) is 15.2 Å². The molecule has 0 saturated carbocycles. The number of benzodiazepines with no additional fused rings is 1. The Bertz CT molecular complexity index is 1520. The van der Waals surface area contributed by atoms with Crippen molar-refractivity contribution in [3.05, 3.63) is 65.7 Å². The zero-order valence-corrected chi connectivity index (χ0v) is 26.6. The number of amides is 4. The average molecular weight is 662 g/mol. The van der Waals surface area contributed by atoms with Gasteiger partial charge in [0.05, 0.1) is 11.4 Å². The maximum atomic E-state index is 14.0. The standard InChI is InChI=1S/C32H38F3N5O7/c1-30(2,3)47-29(45)39-31(4,5)28(44)46-18-40-22-14-10-9-13-21(22)24(19-11-7-6-8-12-19)37-25(27(40)43)38-26(42)20(17-23(36)41)15-16-32(33,34)35/h6-14,20,25H,15-18H2,1-5H3,(H2,36,41)(H,38,42)(H,39,45)/t20-,25-/m1/s1. The molecule has 3 rings (SSSR count). The number of nitrogens with two attached hydrogens (primary N) is 1. The number of anilines is 1. The molecular weight excluding hydrogens is 623 g/mol. The van der Waals surface area contributed by atoms with E-state index in [1.165, 1.54) is 13.8 Å². The molecule has 2 aromatic carbocycles. The van der Waals surface area contributed by atoms with Crippen LogP contribution in [0.1, 0.15) is 65.0 Å². The van der Waals surface area contributed by atoms with Crippen LogP contribution < -0.4 is 21.3 Å². The number of nitrogens with one attached hydrogen (secondary N) is 2. The molecule has 0 unspecified atom stereocenters. The molecule has 0 bridgehead atoms. The Morgan fingerprint density at radius 3 is 2.19 bits per heavy atom. The summed E-state index contributed by atoms with van der Waals surface area (Å²) in [6.07, 6.45) is -10.0. The molecule has 0 spiro atoms. The van der Waals surface area contributed by atoms with E-state index in [1.807, 2.05) is 0 Å². The third-order valence-electron chi connectivity index (χ3n) is 6.78. The number of esters is 1. The number of carbonyl (C=O) groups excluding carboxylic acids is 5. The van der Waals surface area contributed by atoms with Gasteiger partial charge in [-0.05, 0) is 47.1 Å². The number of benzene rings is 2. The van der Waals surface area contributed by atoms with Crippen LogP contribution in [0.5, 0.6) is 0 Å². The molecule has 254 valence electrons. The maximum absolute atomic E-state index is 14.0. The fraction of sp³-hybridized carbons (Fsp3) is 0.438. The normalized spacial score (nSPS) is 15.8. The third kappa shape index (κ3) is 10.5. The molecule has 4 N–H and O–H groups in total. The molecule has 0 fully saturated rings. The summed E-state index contributed by atoms with van der Waals surface area (Å²) in [4.78, 5) is 70.0. The van der Waals surface area contributed by atoms with Gasteiger partial charge in [0.2, 0.25) is 18.0 Å². The zero-order chi connectivity index (χ0) is 35.2. The highest BCUT2D eigenvalue weighted by molar-refractivity contribution is 6.20. The topological polar surface area (TPSA) is 169 Å². The minimum atomic E-state index is -4.61. The number of halogens is 3. The lowest BCUT2D eigenvalue weighted by atomic mass is 9.97. The lowest BCUT2D eigenvalue weighted by Gasteiger charge is -2.29. The van der Waals surface area contributed by atoms with Crippen molar-refractivity contribution in [1.29, 1.82) is 0 Å². The van der Waals surface area contributed by atoms with Crippen molar-refractivity contribution in [3.63, 3.8) is 0 Å². The number of carbonyl (C=O) groups is 5. The van der Waals surface area contributed by atoms with Gasteiger partial charge in [-0.2, -0.15) is 13.2 Å². The second kappa shape index (κ2) is 14.6. The van der Waals surface area contributed by atoms with E-state index in [0.717, 1.165) is 4.90 Å². The number of primary amides is 1. The Kier molecular flexibility index (Phi) is 11.4. The van der Waals surface area contributed by atoms with Crippen LogP contribution in [-0.4, -0.2) is 65.7 Å². The fourth-order valence-corrected chi connectivity index (χ4v) is 4.56. The van der Waals surface area contributed by atoms with Crippen LogP contribution in [0.15, 0.2) is 59.6 Å². The summed E-state index contributed by atoms with van der Waals surface area (Å²) in [6, 6.07) is 15.1. The van der Waals surface area contributed by atoms with Gasteiger partial charge in [0.15, 0.2) is 6.73 Å². The van der Waals surface area contributed by atoms with Crippen molar-refractivity contribution in [2.45, 2.75) is 77.4 Å². The number of nitrogens with zero attached hydrogens (tertiary/aromatic N) is 2. The molecule has 47 heavy (non-hydrogen) atoms. The monoisotopic (exact) mass is 661 g/mol. The van der Waals surface area contributed by atoms with Crippen molar-refractivity contribution in [2.24, 2.45) is 16.6 Å². The lowest BCUT2D eigenvalue weighted by Crippen LogP contribution is -2.54. The van der Waals surface area contributed by atoms with E-state index in [2.05, 4.69) is 15.6 Å². The average Bonchev–Trinajstić information content (AvgIpc) is 3.06. The molecule has 2 aromatic rings. The van der Waals surface area contributed by atoms with Crippen molar-refractivity contribution >= 4 is 41.2 Å². The van der Waals surface area contributed by atoms with Gasteiger partial charge in [0.25, 0.3) is 5.91 Å². The molecule has 4 amide bonds. The summed E-state index contributed by atoms with van der Waals surface area (Å²) in [5.41, 5.74) is 4.22. The second-order valence-electron chi connectivity index (χ2n) is 12.4. The maximum Gasteiger partial charge on any atom is 0.408 e. The first-order valence-electron chi connectivity index (χ1n) is 14.7. The van der Waals surface area contributed by atoms with E-state index >= 15 is 0 Å². The number of aliphatic imine (C=N–C) groups is 1. The Hall–Kier alpha value is -4.95. The molecule has 12 nitrogen and oxygen atoms in total. The van der Waals surface area contributed by atoms with E-state index in [0.29, 0.717) is 11.1 Å². The number of hydrogen-bond donors (Lipinski definition) is 3. The van der Waals surface area contributed by atoms with Gasteiger partial charge in [0, 0.05) is 29.9 Å². The first-order valence-corrected chi connectivity index (χ1v) is 14.7. The van der Waals surface area contributed by atoms with E-state index < -0.39 is 85.2 Å². The predicted molar refractivity (Wildman–Crippen MR) is 165 cm³/mol. The van der Waals surface area contributed by atoms with Crippen molar-refractivity contribution in [3.8, 4) is 0 Å². The number of rotatable bonds is 11. The number of alkyl halides is 3. The molecule has 0 aliphatic carbocycles. The molecule has 15 heteroatoms. The van der Waals surface area contributed by atoms with Crippen LogP contribution >= 0.6 is 0 Å². The molecule has 1 aliphatic rings. The van der Waals surface area contributed by atoms with Crippen LogP contribution in [0, 0.1) is 5.92 Å². The molecule has 1 aliphatic heterocycles. The highest BCUT2D eigenvalue weighted by Crippen LogP contribution is 2.30. The summed E-state index contributed by atoms with van der Waals surface area (Å²) in [5, 5.41) is 4.79. The van der Waals surface area contributed by atoms with Gasteiger partial charge in [-0.3, -0.25) is 19.3 Å². The first-order chi connectivity index (χ1) is 21.8. The zero-order valence-electron chi connectivity index (χ0n) is 26.6. The van der Waals surface area contributed by atoms with Crippen LogP contribution in [-0.2, 0) is 28.7 Å². The summed E-state index contributed by atoms with van der Waals surface area (Å²) in [5.74, 6) is -5.38. The summed E-state index contributed by atoms with van der Waals surface area (Å²) in [7, 11) is 0. The van der Waals surface area contributed by atoms with E-state index in [9.17, 15) is 37.1 Å². The molecule has 0 aromatic heterocycles.